The van der Waals surface area contributed by atoms with Crippen LogP contribution in [-0.4, -0.2) is 44.5 Å². The Morgan fingerprint density at radius 2 is 2.33 bits per heavy atom. The Bertz CT molecular complexity index is 645. The standard InChI is InChI=1S/C7H8N6O4S/c14-6(15)3-13-2-5(1-10-13)18(16,17)12-7-8-4-9-11-7/h1-2,4H,3H2,(H,14,15)(H2,8,9,11,12). The molecule has 0 aromatic carbocycles. The molecule has 18 heavy (non-hydrogen) atoms. The van der Waals surface area contributed by atoms with Crippen molar-refractivity contribution in [1.82, 2.24) is 25.0 Å². The Balaban J connectivity index is 2.19. The highest BCUT2D eigenvalue weighted by molar-refractivity contribution is 7.92. The lowest BCUT2D eigenvalue weighted by atomic mass is 10.6. The van der Waals surface area contributed by atoms with Crippen LogP contribution in [0.25, 0.3) is 0 Å². The van der Waals surface area contributed by atoms with Crippen LogP contribution in [0.3, 0.4) is 0 Å². The predicted octanol–water partition coefficient (Wildman–Crippen LogP) is -1.11. The Hall–Kier alpha value is -2.43. The molecule has 0 radical (unpaired) electrons. The molecule has 11 heteroatoms. The summed E-state index contributed by atoms with van der Waals surface area (Å²) < 4.78 is 26.7. The van der Waals surface area contributed by atoms with Crippen LogP contribution in [0.15, 0.2) is 23.6 Å². The van der Waals surface area contributed by atoms with E-state index in [-0.39, 0.29) is 10.8 Å². The molecule has 0 saturated carbocycles. The number of rotatable bonds is 5. The summed E-state index contributed by atoms with van der Waals surface area (Å²) in [6.45, 7) is -0.419. The maximum atomic E-state index is 11.8. The predicted molar refractivity (Wildman–Crippen MR) is 57.1 cm³/mol. The van der Waals surface area contributed by atoms with Crippen LogP contribution in [0.5, 0.6) is 0 Å². The van der Waals surface area contributed by atoms with Crippen molar-refractivity contribution in [3.8, 4) is 0 Å². The van der Waals surface area contributed by atoms with Gasteiger partial charge in [-0.1, -0.05) is 0 Å². The van der Waals surface area contributed by atoms with Crippen LogP contribution in [0.4, 0.5) is 5.95 Å². The summed E-state index contributed by atoms with van der Waals surface area (Å²) in [6.07, 6.45) is 3.29. The fraction of sp³-hybridized carbons (Fsp3) is 0.143. The van der Waals surface area contributed by atoms with Crippen LogP contribution in [0, 0.1) is 0 Å². The molecule has 96 valence electrons. The van der Waals surface area contributed by atoms with E-state index >= 15 is 0 Å². The maximum Gasteiger partial charge on any atom is 0.325 e. The van der Waals surface area contributed by atoms with Gasteiger partial charge in [0.05, 0.1) is 6.20 Å². The second-order valence-corrected chi connectivity index (χ2v) is 4.89. The number of hydrogen-bond acceptors (Lipinski definition) is 6. The van der Waals surface area contributed by atoms with E-state index < -0.39 is 22.5 Å². The van der Waals surface area contributed by atoms with Crippen molar-refractivity contribution in [3.63, 3.8) is 0 Å². The second kappa shape index (κ2) is 4.44. The lowest BCUT2D eigenvalue weighted by molar-refractivity contribution is -0.137. The summed E-state index contributed by atoms with van der Waals surface area (Å²) in [5, 5.41) is 18.0. The molecule has 2 rings (SSSR count). The highest BCUT2D eigenvalue weighted by Crippen LogP contribution is 2.11. The molecule has 0 amide bonds. The first-order valence-corrected chi connectivity index (χ1v) is 6.08. The molecule has 3 N–H and O–H groups in total. The van der Waals surface area contributed by atoms with Crippen molar-refractivity contribution < 1.29 is 18.3 Å². The molecular formula is C7H8N6O4S. The molecule has 0 aliphatic rings. The fourth-order valence-corrected chi connectivity index (χ4v) is 2.07. The monoisotopic (exact) mass is 272 g/mol. The first-order chi connectivity index (χ1) is 8.47. The Labute approximate surface area is 101 Å². The van der Waals surface area contributed by atoms with Gasteiger partial charge < -0.3 is 5.11 Å². The van der Waals surface area contributed by atoms with Gasteiger partial charge in [-0.25, -0.2) is 18.2 Å². The van der Waals surface area contributed by atoms with Crippen LogP contribution >= 0.6 is 0 Å². The number of sulfonamides is 1. The molecule has 2 aromatic rings. The third kappa shape index (κ3) is 2.63. The molecule has 0 atom stereocenters. The number of carboxylic acids is 1. The van der Waals surface area contributed by atoms with Gasteiger partial charge in [0, 0.05) is 6.20 Å². The van der Waals surface area contributed by atoms with Gasteiger partial charge in [0.2, 0.25) is 5.95 Å². The smallest absolute Gasteiger partial charge is 0.325 e. The Morgan fingerprint density at radius 3 is 2.94 bits per heavy atom. The molecule has 0 aliphatic heterocycles. The van der Waals surface area contributed by atoms with Crippen molar-refractivity contribution in [2.24, 2.45) is 0 Å². The van der Waals surface area contributed by atoms with Gasteiger partial charge in [-0.15, -0.1) is 0 Å². The van der Waals surface area contributed by atoms with Crippen LogP contribution in [0.2, 0.25) is 0 Å². The van der Waals surface area contributed by atoms with Gasteiger partial charge in [-0.3, -0.25) is 9.48 Å². The van der Waals surface area contributed by atoms with Crippen molar-refractivity contribution in [2.75, 3.05) is 4.72 Å². The van der Waals surface area contributed by atoms with Crippen molar-refractivity contribution in [2.45, 2.75) is 11.4 Å². The zero-order valence-electron chi connectivity index (χ0n) is 8.81. The molecule has 2 heterocycles. The number of aromatic nitrogens is 5. The summed E-state index contributed by atoms with van der Waals surface area (Å²) in [5.74, 6) is -1.16. The largest absolute Gasteiger partial charge is 0.480 e. The fourth-order valence-electron chi connectivity index (χ4n) is 1.15. The third-order valence-electron chi connectivity index (χ3n) is 1.86. The Kier molecular flexibility index (Phi) is 2.97. The van der Waals surface area contributed by atoms with Gasteiger partial charge in [-0.2, -0.15) is 15.2 Å². The van der Waals surface area contributed by atoms with Crippen LogP contribution < -0.4 is 4.72 Å². The molecule has 0 saturated heterocycles. The van der Waals surface area contributed by atoms with Crippen molar-refractivity contribution >= 4 is 21.9 Å². The third-order valence-corrected chi connectivity index (χ3v) is 3.16. The summed E-state index contributed by atoms with van der Waals surface area (Å²) in [6, 6.07) is 0. The van der Waals surface area contributed by atoms with Crippen LogP contribution in [0.1, 0.15) is 0 Å². The molecule has 2 aromatic heterocycles. The van der Waals surface area contributed by atoms with E-state index in [0.717, 1.165) is 23.4 Å². The van der Waals surface area contributed by atoms with E-state index in [1.807, 2.05) is 0 Å². The molecule has 0 aliphatic carbocycles. The molecule has 0 spiro atoms. The summed E-state index contributed by atoms with van der Waals surface area (Å²) in [4.78, 5) is 13.9. The summed E-state index contributed by atoms with van der Waals surface area (Å²) >= 11 is 0. The van der Waals surface area contributed by atoms with E-state index in [2.05, 4.69) is 25.0 Å². The van der Waals surface area contributed by atoms with Gasteiger partial charge in [-0.05, 0) is 0 Å². The quantitative estimate of drug-likeness (QED) is 0.625. The van der Waals surface area contributed by atoms with Gasteiger partial charge in [0.15, 0.2) is 0 Å². The maximum absolute atomic E-state index is 11.8. The number of anilines is 1. The average molecular weight is 272 g/mol. The number of nitrogens with one attached hydrogen (secondary N) is 2. The number of carbonyl (C=O) groups is 1. The van der Waals surface area contributed by atoms with Crippen molar-refractivity contribution in [3.05, 3.63) is 18.7 Å². The van der Waals surface area contributed by atoms with E-state index in [1.54, 1.807) is 0 Å². The summed E-state index contributed by atoms with van der Waals surface area (Å²) in [5.41, 5.74) is 0. The minimum atomic E-state index is -3.86. The topological polar surface area (TPSA) is 143 Å². The minimum Gasteiger partial charge on any atom is -0.480 e. The first kappa shape index (κ1) is 12.0. The van der Waals surface area contributed by atoms with Crippen LogP contribution in [-0.2, 0) is 21.4 Å². The molecule has 10 nitrogen and oxygen atoms in total. The highest BCUT2D eigenvalue weighted by Gasteiger charge is 2.18. The van der Waals surface area contributed by atoms with Gasteiger partial charge in [0.1, 0.15) is 17.8 Å². The van der Waals surface area contributed by atoms with Gasteiger partial charge >= 0.3 is 5.97 Å². The average Bonchev–Trinajstić information content (AvgIpc) is 2.87. The number of nitrogens with zero attached hydrogens (tertiary/aromatic N) is 4. The SMILES string of the molecule is O=C(O)Cn1cc(S(=O)(=O)Nc2ncn[nH]2)cn1. The number of carboxylic acid groups (broad SMARTS) is 1. The molecule has 0 unspecified atom stereocenters. The summed E-state index contributed by atoms with van der Waals surface area (Å²) in [7, 11) is -3.86. The van der Waals surface area contributed by atoms with E-state index in [9.17, 15) is 13.2 Å². The minimum absolute atomic E-state index is 0.0408. The molecule has 0 fully saturated rings. The number of H-pyrrole nitrogens is 1. The van der Waals surface area contributed by atoms with E-state index in [4.69, 9.17) is 5.11 Å². The number of aliphatic carboxylic acids is 1. The highest BCUT2D eigenvalue weighted by atomic mass is 32.2. The van der Waals surface area contributed by atoms with E-state index in [0.29, 0.717) is 0 Å². The molecular weight excluding hydrogens is 264 g/mol. The normalized spacial score (nSPS) is 11.3. The lowest BCUT2D eigenvalue weighted by Gasteiger charge is -2.00. The first-order valence-electron chi connectivity index (χ1n) is 4.60. The molecule has 0 bridgehead atoms. The zero-order valence-corrected chi connectivity index (χ0v) is 9.62. The Morgan fingerprint density at radius 1 is 1.56 bits per heavy atom. The van der Waals surface area contributed by atoms with E-state index in [1.165, 1.54) is 0 Å². The second-order valence-electron chi connectivity index (χ2n) is 3.21. The van der Waals surface area contributed by atoms with Gasteiger partial charge in [0.25, 0.3) is 10.0 Å². The van der Waals surface area contributed by atoms with Crippen molar-refractivity contribution in [1.29, 1.82) is 0 Å². The lowest BCUT2D eigenvalue weighted by Crippen LogP contribution is -2.14. The number of hydrogen-bond donors (Lipinski definition) is 3. The number of aromatic amines is 1. The zero-order chi connectivity index (χ0) is 13.2.